The molecule has 0 radical (unpaired) electrons. The van der Waals surface area contributed by atoms with Crippen LogP contribution < -0.4 is 5.73 Å². The van der Waals surface area contributed by atoms with E-state index in [2.05, 4.69) is 6.92 Å². The van der Waals surface area contributed by atoms with Crippen molar-refractivity contribution in [3.05, 3.63) is 35.1 Å². The van der Waals surface area contributed by atoms with Crippen molar-refractivity contribution in [1.82, 2.24) is 0 Å². The molecule has 0 amide bonds. The van der Waals surface area contributed by atoms with Crippen LogP contribution in [0, 0.1) is 18.7 Å². The monoisotopic (exact) mass is 195 g/mol. The highest BCUT2D eigenvalue weighted by Crippen LogP contribution is 2.16. The first kappa shape index (κ1) is 11.2. The molecule has 14 heavy (non-hydrogen) atoms. The van der Waals surface area contributed by atoms with Crippen molar-refractivity contribution in [2.75, 3.05) is 6.54 Å². The van der Waals surface area contributed by atoms with E-state index in [1.807, 2.05) is 13.0 Å². The smallest absolute Gasteiger partial charge is 0.123 e. The lowest BCUT2D eigenvalue weighted by Crippen LogP contribution is -2.16. The Kier molecular flexibility index (Phi) is 4.08. The van der Waals surface area contributed by atoms with Crippen LogP contribution in [0.5, 0.6) is 0 Å². The van der Waals surface area contributed by atoms with Gasteiger partial charge in [-0.05, 0) is 49.1 Å². The minimum absolute atomic E-state index is 0.155. The molecule has 78 valence electrons. The van der Waals surface area contributed by atoms with Crippen molar-refractivity contribution in [2.24, 2.45) is 11.7 Å². The van der Waals surface area contributed by atoms with Crippen molar-refractivity contribution in [1.29, 1.82) is 0 Å². The van der Waals surface area contributed by atoms with E-state index in [1.54, 1.807) is 6.07 Å². The molecule has 0 saturated heterocycles. The average Bonchev–Trinajstić information content (AvgIpc) is 2.19. The van der Waals surface area contributed by atoms with Crippen molar-refractivity contribution >= 4 is 0 Å². The summed E-state index contributed by atoms with van der Waals surface area (Å²) in [5.74, 6) is 0.313. The molecular formula is C12H18FN. The van der Waals surface area contributed by atoms with Crippen LogP contribution in [0.25, 0.3) is 0 Å². The standard InChI is InChI=1S/C12H18FN/c1-3-10(8-14)6-11-7-12(13)5-4-9(11)2/h4-5,7,10H,3,6,8,14H2,1-2H3. The minimum Gasteiger partial charge on any atom is -0.330 e. The Morgan fingerprint density at radius 3 is 2.71 bits per heavy atom. The van der Waals surface area contributed by atoms with Crippen LogP contribution in [0.15, 0.2) is 18.2 Å². The maximum Gasteiger partial charge on any atom is 0.123 e. The first-order chi connectivity index (χ1) is 6.67. The molecular weight excluding hydrogens is 177 g/mol. The summed E-state index contributed by atoms with van der Waals surface area (Å²) in [6, 6.07) is 4.95. The third-order valence-corrected chi connectivity index (χ3v) is 2.73. The maximum atomic E-state index is 13.0. The molecule has 1 unspecified atom stereocenters. The Labute approximate surface area is 85.1 Å². The summed E-state index contributed by atoms with van der Waals surface area (Å²) in [5.41, 5.74) is 7.86. The predicted octanol–water partition coefficient (Wildman–Crippen LogP) is 2.66. The van der Waals surface area contributed by atoms with Crippen molar-refractivity contribution < 1.29 is 4.39 Å². The molecule has 0 bridgehead atoms. The van der Waals surface area contributed by atoms with Gasteiger partial charge in [0.15, 0.2) is 0 Å². The second-order valence-corrected chi connectivity index (χ2v) is 3.78. The molecule has 0 fully saturated rings. The third-order valence-electron chi connectivity index (χ3n) is 2.73. The van der Waals surface area contributed by atoms with Gasteiger partial charge in [-0.25, -0.2) is 4.39 Å². The van der Waals surface area contributed by atoms with Crippen LogP contribution in [0.3, 0.4) is 0 Å². The highest BCUT2D eigenvalue weighted by Gasteiger charge is 2.07. The minimum atomic E-state index is -0.155. The molecule has 0 aromatic heterocycles. The fourth-order valence-corrected chi connectivity index (χ4v) is 1.57. The van der Waals surface area contributed by atoms with E-state index in [0.717, 1.165) is 24.0 Å². The van der Waals surface area contributed by atoms with Gasteiger partial charge in [-0.15, -0.1) is 0 Å². The number of benzene rings is 1. The van der Waals surface area contributed by atoms with Crippen LogP contribution in [-0.2, 0) is 6.42 Å². The number of aryl methyl sites for hydroxylation is 1. The third kappa shape index (κ3) is 2.81. The lowest BCUT2D eigenvalue weighted by molar-refractivity contribution is 0.515. The van der Waals surface area contributed by atoms with Gasteiger partial charge in [0.1, 0.15) is 5.82 Å². The summed E-state index contributed by atoms with van der Waals surface area (Å²) >= 11 is 0. The Balaban J connectivity index is 2.79. The number of rotatable bonds is 4. The van der Waals surface area contributed by atoms with Gasteiger partial charge >= 0.3 is 0 Å². The lowest BCUT2D eigenvalue weighted by Gasteiger charge is -2.13. The molecule has 2 heteroatoms. The fraction of sp³-hybridized carbons (Fsp3) is 0.500. The van der Waals surface area contributed by atoms with Crippen molar-refractivity contribution in [2.45, 2.75) is 26.7 Å². The summed E-state index contributed by atoms with van der Waals surface area (Å²) in [5, 5.41) is 0. The molecule has 2 N–H and O–H groups in total. The number of halogens is 1. The van der Waals surface area contributed by atoms with Gasteiger partial charge < -0.3 is 5.73 Å². The van der Waals surface area contributed by atoms with E-state index >= 15 is 0 Å². The SMILES string of the molecule is CCC(CN)Cc1cc(F)ccc1C. The van der Waals surface area contributed by atoms with Gasteiger partial charge in [-0.2, -0.15) is 0 Å². The molecule has 0 aliphatic carbocycles. The van der Waals surface area contributed by atoms with E-state index < -0.39 is 0 Å². The van der Waals surface area contributed by atoms with Crippen LogP contribution >= 0.6 is 0 Å². The molecule has 1 nitrogen and oxygen atoms in total. The first-order valence-electron chi connectivity index (χ1n) is 5.12. The summed E-state index contributed by atoms with van der Waals surface area (Å²) in [6.45, 7) is 4.80. The van der Waals surface area contributed by atoms with E-state index in [4.69, 9.17) is 5.73 Å². The van der Waals surface area contributed by atoms with E-state index in [-0.39, 0.29) is 5.82 Å². The second-order valence-electron chi connectivity index (χ2n) is 3.78. The highest BCUT2D eigenvalue weighted by atomic mass is 19.1. The molecule has 0 spiro atoms. The fourth-order valence-electron chi connectivity index (χ4n) is 1.57. The zero-order chi connectivity index (χ0) is 10.6. The van der Waals surface area contributed by atoms with Crippen LogP contribution in [0.2, 0.25) is 0 Å². The molecule has 1 aromatic carbocycles. The Bertz CT molecular complexity index is 292. The summed E-state index contributed by atoms with van der Waals surface area (Å²) in [6.07, 6.45) is 1.93. The molecule has 1 rings (SSSR count). The molecule has 0 saturated carbocycles. The predicted molar refractivity (Wildman–Crippen MR) is 57.7 cm³/mol. The van der Waals surface area contributed by atoms with E-state index in [9.17, 15) is 4.39 Å². The Morgan fingerprint density at radius 1 is 1.43 bits per heavy atom. The number of hydrogen-bond donors (Lipinski definition) is 1. The number of nitrogens with two attached hydrogens (primary N) is 1. The number of hydrogen-bond acceptors (Lipinski definition) is 1. The van der Waals surface area contributed by atoms with E-state index in [1.165, 1.54) is 6.07 Å². The van der Waals surface area contributed by atoms with Gasteiger partial charge in [-0.3, -0.25) is 0 Å². The largest absolute Gasteiger partial charge is 0.330 e. The molecule has 0 heterocycles. The van der Waals surface area contributed by atoms with Crippen LogP contribution in [0.1, 0.15) is 24.5 Å². The normalized spacial score (nSPS) is 12.9. The highest BCUT2D eigenvalue weighted by molar-refractivity contribution is 5.26. The van der Waals surface area contributed by atoms with E-state index in [0.29, 0.717) is 12.5 Å². The molecule has 0 aliphatic heterocycles. The van der Waals surface area contributed by atoms with Crippen molar-refractivity contribution in [3.63, 3.8) is 0 Å². The zero-order valence-electron chi connectivity index (χ0n) is 8.89. The summed E-state index contributed by atoms with van der Waals surface area (Å²) in [4.78, 5) is 0. The average molecular weight is 195 g/mol. The van der Waals surface area contributed by atoms with Gasteiger partial charge in [0, 0.05) is 0 Å². The lowest BCUT2D eigenvalue weighted by atomic mass is 9.94. The van der Waals surface area contributed by atoms with Gasteiger partial charge in [0.2, 0.25) is 0 Å². The van der Waals surface area contributed by atoms with Crippen LogP contribution in [-0.4, -0.2) is 6.54 Å². The topological polar surface area (TPSA) is 26.0 Å². The molecule has 1 aromatic rings. The van der Waals surface area contributed by atoms with Crippen LogP contribution in [0.4, 0.5) is 4.39 Å². The maximum absolute atomic E-state index is 13.0. The second kappa shape index (κ2) is 5.11. The van der Waals surface area contributed by atoms with Gasteiger partial charge in [-0.1, -0.05) is 19.4 Å². The van der Waals surface area contributed by atoms with Gasteiger partial charge in [0.25, 0.3) is 0 Å². The molecule has 0 aliphatic rings. The van der Waals surface area contributed by atoms with Gasteiger partial charge in [0.05, 0.1) is 0 Å². The quantitative estimate of drug-likeness (QED) is 0.785. The summed E-state index contributed by atoms with van der Waals surface area (Å²) in [7, 11) is 0. The summed E-state index contributed by atoms with van der Waals surface area (Å²) < 4.78 is 13.0. The first-order valence-corrected chi connectivity index (χ1v) is 5.12. The molecule has 1 atom stereocenters. The zero-order valence-corrected chi connectivity index (χ0v) is 8.89. The Hall–Kier alpha value is -0.890. The Morgan fingerprint density at radius 2 is 2.14 bits per heavy atom. The van der Waals surface area contributed by atoms with Crippen molar-refractivity contribution in [3.8, 4) is 0 Å².